The Morgan fingerprint density at radius 1 is 0.941 bits per heavy atom. The minimum absolute atomic E-state index is 0.187. The number of carbonyl (C=O) groups excluding carboxylic acids is 2. The summed E-state index contributed by atoms with van der Waals surface area (Å²) in [5.41, 5.74) is 5.10. The van der Waals surface area contributed by atoms with Gasteiger partial charge >= 0.3 is 0 Å². The van der Waals surface area contributed by atoms with Crippen molar-refractivity contribution in [2.75, 3.05) is 13.2 Å². The molecular formula is C29H36N2O3. The summed E-state index contributed by atoms with van der Waals surface area (Å²) in [6.07, 6.45) is 6.19. The molecule has 0 radical (unpaired) electrons. The van der Waals surface area contributed by atoms with Crippen LogP contribution < -0.4 is 4.74 Å². The highest BCUT2D eigenvalue weighted by molar-refractivity contribution is 6.21. The van der Waals surface area contributed by atoms with E-state index in [4.69, 9.17) is 4.74 Å². The molecule has 2 amide bonds. The van der Waals surface area contributed by atoms with Gasteiger partial charge in [-0.1, -0.05) is 46.2 Å². The van der Waals surface area contributed by atoms with Crippen LogP contribution in [0.1, 0.15) is 91.8 Å². The number of imide groups is 1. The fourth-order valence-electron chi connectivity index (χ4n) is 5.56. The maximum absolute atomic E-state index is 12.5. The van der Waals surface area contributed by atoms with E-state index in [2.05, 4.69) is 44.8 Å². The molecule has 5 nitrogen and oxygen atoms in total. The predicted octanol–water partition coefficient (Wildman–Crippen LogP) is 6.65. The molecule has 1 aliphatic rings. The maximum atomic E-state index is 12.5. The third-order valence-corrected chi connectivity index (χ3v) is 7.52. The van der Waals surface area contributed by atoms with E-state index in [9.17, 15) is 9.59 Å². The Kier molecular flexibility index (Phi) is 7.11. The molecule has 2 aromatic carbocycles. The van der Waals surface area contributed by atoms with E-state index >= 15 is 0 Å². The second kappa shape index (κ2) is 10.0. The smallest absolute Gasteiger partial charge is 0.261 e. The molecular weight excluding hydrogens is 424 g/mol. The van der Waals surface area contributed by atoms with Gasteiger partial charge in [0.05, 0.1) is 17.7 Å². The van der Waals surface area contributed by atoms with Crippen LogP contribution in [-0.4, -0.2) is 34.8 Å². The summed E-state index contributed by atoms with van der Waals surface area (Å²) in [5.74, 6) is 0.380. The zero-order valence-corrected chi connectivity index (χ0v) is 20.9. The number of aryl methyl sites for hydroxylation is 1. The molecule has 0 fully saturated rings. The van der Waals surface area contributed by atoms with Gasteiger partial charge in [0.2, 0.25) is 0 Å². The Morgan fingerprint density at radius 3 is 2.21 bits per heavy atom. The predicted molar refractivity (Wildman–Crippen MR) is 137 cm³/mol. The molecule has 0 saturated heterocycles. The molecule has 5 heteroatoms. The number of nitrogens with zero attached hydrogens (tertiary/aromatic N) is 1. The molecule has 1 N–H and O–H groups in total. The lowest BCUT2D eigenvalue weighted by Gasteiger charge is -2.32. The molecule has 0 spiro atoms. The van der Waals surface area contributed by atoms with Crippen LogP contribution in [-0.2, 0) is 11.8 Å². The molecule has 3 aromatic rings. The van der Waals surface area contributed by atoms with E-state index in [0.29, 0.717) is 30.7 Å². The van der Waals surface area contributed by atoms with Crippen molar-refractivity contribution in [3.8, 4) is 5.75 Å². The lowest BCUT2D eigenvalue weighted by Crippen LogP contribution is -2.31. The zero-order valence-electron chi connectivity index (χ0n) is 20.9. The largest absolute Gasteiger partial charge is 0.493 e. The van der Waals surface area contributed by atoms with Crippen LogP contribution in [0.25, 0.3) is 10.9 Å². The van der Waals surface area contributed by atoms with Crippen LogP contribution in [0.3, 0.4) is 0 Å². The van der Waals surface area contributed by atoms with Crippen LogP contribution in [0.5, 0.6) is 5.75 Å². The Bertz CT molecular complexity index is 1150. The number of benzene rings is 2. The monoisotopic (exact) mass is 460 g/mol. The summed E-state index contributed by atoms with van der Waals surface area (Å²) in [7, 11) is 0. The molecule has 4 rings (SSSR count). The number of ether oxygens (including phenoxy) is 1. The van der Waals surface area contributed by atoms with Gasteiger partial charge in [0.15, 0.2) is 0 Å². The molecule has 2 heterocycles. The van der Waals surface area contributed by atoms with Gasteiger partial charge in [-0.3, -0.25) is 14.5 Å². The van der Waals surface area contributed by atoms with E-state index < -0.39 is 0 Å². The topological polar surface area (TPSA) is 62.4 Å². The molecule has 0 bridgehead atoms. The second-order valence-corrected chi connectivity index (χ2v) is 9.29. The van der Waals surface area contributed by atoms with Crippen molar-refractivity contribution >= 4 is 22.7 Å². The zero-order chi connectivity index (χ0) is 24.3. The molecule has 0 saturated carbocycles. The van der Waals surface area contributed by atoms with Crippen molar-refractivity contribution < 1.29 is 14.3 Å². The Morgan fingerprint density at radius 2 is 1.62 bits per heavy atom. The Hall–Kier alpha value is -3.08. The SMILES string of the molecule is CCCC(CC)(CC)c1[nH]c2cc(OCCCN3C(=O)c4ccccc4C3=O)ccc2c1CC. The number of hydrogen-bond donors (Lipinski definition) is 1. The molecule has 0 unspecified atom stereocenters. The van der Waals surface area contributed by atoms with Crippen molar-refractivity contribution in [3.63, 3.8) is 0 Å². The van der Waals surface area contributed by atoms with Gasteiger partial charge in [-0.2, -0.15) is 0 Å². The van der Waals surface area contributed by atoms with Crippen molar-refractivity contribution in [1.29, 1.82) is 0 Å². The molecule has 0 atom stereocenters. The first-order valence-corrected chi connectivity index (χ1v) is 12.7. The molecule has 34 heavy (non-hydrogen) atoms. The van der Waals surface area contributed by atoms with Gasteiger partial charge in [-0.15, -0.1) is 0 Å². The minimum atomic E-state index is -0.213. The summed E-state index contributed by atoms with van der Waals surface area (Å²) in [4.78, 5) is 30.1. The number of amides is 2. The highest BCUT2D eigenvalue weighted by atomic mass is 16.5. The number of hydrogen-bond acceptors (Lipinski definition) is 3. The van der Waals surface area contributed by atoms with Crippen LogP contribution >= 0.6 is 0 Å². The van der Waals surface area contributed by atoms with Gasteiger partial charge in [0, 0.05) is 34.6 Å². The first kappa shape index (κ1) is 24.1. The number of aromatic nitrogens is 1. The number of carbonyl (C=O) groups is 2. The summed E-state index contributed by atoms with van der Waals surface area (Å²) in [6.45, 7) is 9.89. The highest BCUT2D eigenvalue weighted by Crippen LogP contribution is 2.41. The summed E-state index contributed by atoms with van der Waals surface area (Å²) >= 11 is 0. The number of fused-ring (bicyclic) bond motifs is 2. The van der Waals surface area contributed by atoms with E-state index in [-0.39, 0.29) is 17.2 Å². The molecule has 180 valence electrons. The number of nitrogens with one attached hydrogen (secondary N) is 1. The second-order valence-electron chi connectivity index (χ2n) is 9.29. The lowest BCUT2D eigenvalue weighted by molar-refractivity contribution is 0.0647. The van der Waals surface area contributed by atoms with E-state index in [1.54, 1.807) is 24.3 Å². The van der Waals surface area contributed by atoms with Crippen LogP contribution in [0.15, 0.2) is 42.5 Å². The minimum Gasteiger partial charge on any atom is -0.493 e. The van der Waals surface area contributed by atoms with Gasteiger partial charge in [-0.25, -0.2) is 0 Å². The van der Waals surface area contributed by atoms with Crippen LogP contribution in [0.4, 0.5) is 0 Å². The van der Waals surface area contributed by atoms with Crippen molar-refractivity contribution in [1.82, 2.24) is 9.88 Å². The fourth-order valence-corrected chi connectivity index (χ4v) is 5.56. The first-order valence-electron chi connectivity index (χ1n) is 12.7. The quantitative estimate of drug-likeness (QED) is 0.257. The Balaban J connectivity index is 1.45. The average molecular weight is 461 g/mol. The highest BCUT2D eigenvalue weighted by Gasteiger charge is 2.34. The standard InChI is InChI=1S/C29H36N2O3/c1-5-16-29(7-3,8-4)26-21(6-2)22-15-14-20(19-25(22)30-26)34-18-11-17-31-27(32)23-12-9-10-13-24(23)28(31)33/h9-10,12-15,19,30H,5-8,11,16-18H2,1-4H3. The van der Waals surface area contributed by atoms with Crippen molar-refractivity contribution in [2.45, 2.75) is 71.6 Å². The van der Waals surface area contributed by atoms with E-state index in [1.165, 1.54) is 34.4 Å². The Labute approximate surface area is 202 Å². The fraction of sp³-hybridized carbons (Fsp3) is 0.448. The van der Waals surface area contributed by atoms with Gasteiger partial charge < -0.3 is 9.72 Å². The number of aromatic amines is 1. The summed E-state index contributed by atoms with van der Waals surface area (Å²) < 4.78 is 6.02. The van der Waals surface area contributed by atoms with Crippen molar-refractivity contribution in [3.05, 3.63) is 64.8 Å². The molecule has 1 aliphatic heterocycles. The number of rotatable bonds is 11. The summed E-state index contributed by atoms with van der Waals surface area (Å²) in [6, 6.07) is 13.3. The molecule has 0 aliphatic carbocycles. The van der Waals surface area contributed by atoms with Gasteiger partial charge in [0.25, 0.3) is 11.8 Å². The number of H-pyrrole nitrogens is 1. The third-order valence-electron chi connectivity index (χ3n) is 7.52. The van der Waals surface area contributed by atoms with Gasteiger partial charge in [0.1, 0.15) is 5.75 Å². The average Bonchev–Trinajstić information content (AvgIpc) is 3.35. The van der Waals surface area contributed by atoms with Crippen molar-refractivity contribution in [2.24, 2.45) is 0 Å². The van der Waals surface area contributed by atoms with Crippen LogP contribution in [0.2, 0.25) is 0 Å². The van der Waals surface area contributed by atoms with Gasteiger partial charge in [-0.05, 0) is 61.9 Å². The molecule has 1 aromatic heterocycles. The van der Waals surface area contributed by atoms with E-state index in [0.717, 1.165) is 30.5 Å². The normalized spacial score (nSPS) is 13.7. The van der Waals surface area contributed by atoms with E-state index in [1.807, 2.05) is 6.07 Å². The third kappa shape index (κ3) is 4.13. The maximum Gasteiger partial charge on any atom is 0.261 e. The lowest BCUT2D eigenvalue weighted by atomic mass is 9.74. The summed E-state index contributed by atoms with van der Waals surface area (Å²) in [5, 5.41) is 1.28. The first-order chi connectivity index (χ1) is 16.5. The van der Waals surface area contributed by atoms with Crippen LogP contribution in [0, 0.1) is 0 Å².